The Morgan fingerprint density at radius 2 is 2.15 bits per heavy atom. The number of carbonyl (C=O) groups excluding carboxylic acids is 2. The Balaban J connectivity index is 1.84. The van der Waals surface area contributed by atoms with E-state index in [1.807, 2.05) is 13.0 Å². The van der Waals surface area contributed by atoms with Gasteiger partial charge in [0.25, 0.3) is 5.56 Å². The van der Waals surface area contributed by atoms with E-state index in [9.17, 15) is 14.4 Å². The minimum absolute atomic E-state index is 0.161. The van der Waals surface area contributed by atoms with Crippen LogP contribution in [0.15, 0.2) is 34.1 Å². The second kappa shape index (κ2) is 7.20. The van der Waals surface area contributed by atoms with Gasteiger partial charge in [-0.3, -0.25) is 14.4 Å². The van der Waals surface area contributed by atoms with Crippen molar-refractivity contribution in [3.8, 4) is 5.75 Å². The van der Waals surface area contributed by atoms with Crippen LogP contribution in [0.4, 0.5) is 11.4 Å². The second-order valence-electron chi connectivity index (χ2n) is 5.81. The Hall–Kier alpha value is -2.81. The third-order valence-electron chi connectivity index (χ3n) is 3.97. The molecule has 1 aliphatic heterocycles. The zero-order valence-corrected chi connectivity index (χ0v) is 15.4. The zero-order chi connectivity index (χ0) is 18.8. The van der Waals surface area contributed by atoms with Gasteiger partial charge in [0.2, 0.25) is 11.8 Å². The molecule has 0 unspecified atom stereocenters. The first-order valence-corrected chi connectivity index (χ1v) is 8.83. The first-order chi connectivity index (χ1) is 12.4. The monoisotopic (exact) mass is 374 g/mol. The molecule has 0 spiro atoms. The molecule has 136 valence electrons. The smallest absolute Gasteiger partial charge is 0.292 e. The van der Waals surface area contributed by atoms with E-state index < -0.39 is 11.5 Å². The zero-order valence-electron chi connectivity index (χ0n) is 14.6. The molecule has 26 heavy (non-hydrogen) atoms. The van der Waals surface area contributed by atoms with Crippen molar-refractivity contribution in [2.75, 3.05) is 30.1 Å². The van der Waals surface area contributed by atoms with E-state index in [0.717, 1.165) is 10.2 Å². The minimum atomic E-state index is -0.475. The van der Waals surface area contributed by atoms with Gasteiger partial charge >= 0.3 is 0 Å². The Kier molecular flexibility index (Phi) is 4.99. The fourth-order valence-electron chi connectivity index (χ4n) is 2.60. The number of hydrogen-bond acceptors (Lipinski definition) is 6. The summed E-state index contributed by atoms with van der Waals surface area (Å²) in [4.78, 5) is 38.8. The Morgan fingerprint density at radius 3 is 2.88 bits per heavy atom. The molecule has 0 radical (unpaired) electrons. The van der Waals surface area contributed by atoms with Crippen LogP contribution < -0.4 is 20.5 Å². The number of aromatic nitrogens is 2. The van der Waals surface area contributed by atoms with Crippen molar-refractivity contribution in [1.82, 2.24) is 9.78 Å². The molecule has 0 saturated carbocycles. The molecule has 1 N–H and O–H groups in total. The first kappa shape index (κ1) is 18.0. The topological polar surface area (TPSA) is 93.5 Å². The summed E-state index contributed by atoms with van der Waals surface area (Å²) < 4.78 is 6.28. The molecule has 0 atom stereocenters. The number of amides is 2. The number of methoxy groups -OCH3 is 1. The quantitative estimate of drug-likeness (QED) is 0.866. The number of anilines is 2. The maximum Gasteiger partial charge on any atom is 0.292 e. The number of nitrogens with one attached hydrogen (secondary N) is 1. The SMILES string of the molecule is COc1ccc(C)cc1NC(=O)Cn1ncc2c(c1=O)N(C)C(=O)CS2. The fraction of sp³-hybridized carbons (Fsp3) is 0.294. The molecule has 9 heteroatoms. The van der Waals surface area contributed by atoms with Crippen molar-refractivity contribution in [2.45, 2.75) is 18.4 Å². The molecule has 1 aromatic carbocycles. The van der Waals surface area contributed by atoms with Gasteiger partial charge in [-0.05, 0) is 24.6 Å². The molecular weight excluding hydrogens is 356 g/mol. The number of aryl methyl sites for hydroxylation is 1. The van der Waals surface area contributed by atoms with E-state index in [0.29, 0.717) is 16.3 Å². The predicted octanol–water partition coefficient (Wildman–Crippen LogP) is 1.27. The highest BCUT2D eigenvalue weighted by Gasteiger charge is 2.26. The van der Waals surface area contributed by atoms with Gasteiger partial charge in [-0.2, -0.15) is 5.10 Å². The van der Waals surface area contributed by atoms with Crippen molar-refractivity contribution in [1.29, 1.82) is 0 Å². The van der Waals surface area contributed by atoms with Crippen molar-refractivity contribution >= 4 is 35.0 Å². The number of rotatable bonds is 4. The highest BCUT2D eigenvalue weighted by atomic mass is 32.2. The summed E-state index contributed by atoms with van der Waals surface area (Å²) in [5, 5.41) is 6.77. The number of benzene rings is 1. The van der Waals surface area contributed by atoms with Crippen LogP contribution in [-0.2, 0) is 16.1 Å². The molecule has 0 saturated heterocycles. The standard InChI is InChI=1S/C17H18N4O4S/c1-10-4-5-12(25-3)11(6-10)19-14(22)8-21-17(24)16-13(7-18-21)26-9-15(23)20(16)2/h4-7H,8-9H2,1-3H3,(H,19,22). The van der Waals surface area contributed by atoms with Crippen LogP contribution in [0.25, 0.3) is 0 Å². The van der Waals surface area contributed by atoms with Crippen LogP contribution in [0.5, 0.6) is 5.75 Å². The maximum atomic E-state index is 12.6. The third-order valence-corrected chi connectivity index (χ3v) is 4.97. The molecule has 0 bridgehead atoms. The summed E-state index contributed by atoms with van der Waals surface area (Å²) in [5.41, 5.74) is 1.26. The second-order valence-corrected chi connectivity index (χ2v) is 6.83. The van der Waals surface area contributed by atoms with E-state index in [4.69, 9.17) is 4.74 Å². The summed E-state index contributed by atoms with van der Waals surface area (Å²) in [6.45, 7) is 1.63. The van der Waals surface area contributed by atoms with Gasteiger partial charge in [0.05, 0.1) is 29.6 Å². The van der Waals surface area contributed by atoms with Crippen molar-refractivity contribution in [3.63, 3.8) is 0 Å². The molecule has 2 amide bonds. The molecule has 3 rings (SSSR count). The van der Waals surface area contributed by atoms with E-state index in [1.54, 1.807) is 19.2 Å². The first-order valence-electron chi connectivity index (χ1n) is 7.84. The summed E-state index contributed by atoms with van der Waals surface area (Å²) in [5.74, 6) is 0.214. The number of ether oxygens (including phenoxy) is 1. The number of hydrogen-bond donors (Lipinski definition) is 1. The molecular formula is C17H18N4O4S. The molecule has 8 nitrogen and oxygen atoms in total. The van der Waals surface area contributed by atoms with Gasteiger partial charge in [-0.15, -0.1) is 11.8 Å². The van der Waals surface area contributed by atoms with Gasteiger partial charge in [-0.1, -0.05) is 6.07 Å². The molecule has 2 heterocycles. The minimum Gasteiger partial charge on any atom is -0.495 e. The summed E-state index contributed by atoms with van der Waals surface area (Å²) >= 11 is 1.27. The van der Waals surface area contributed by atoms with Gasteiger partial charge in [0, 0.05) is 7.05 Å². The van der Waals surface area contributed by atoms with Crippen LogP contribution in [-0.4, -0.2) is 41.5 Å². The Bertz CT molecular complexity index is 941. The van der Waals surface area contributed by atoms with Crippen LogP contribution in [0.1, 0.15) is 5.56 Å². The summed E-state index contributed by atoms with van der Waals surface area (Å²) in [7, 11) is 3.06. The molecule has 2 aromatic rings. The summed E-state index contributed by atoms with van der Waals surface area (Å²) in [6, 6.07) is 5.41. The highest BCUT2D eigenvalue weighted by Crippen LogP contribution is 2.30. The van der Waals surface area contributed by atoms with Crippen LogP contribution >= 0.6 is 11.8 Å². The van der Waals surface area contributed by atoms with E-state index >= 15 is 0 Å². The number of nitrogens with zero attached hydrogens (tertiary/aromatic N) is 3. The van der Waals surface area contributed by atoms with E-state index in [2.05, 4.69) is 10.4 Å². The van der Waals surface area contributed by atoms with E-state index in [1.165, 1.54) is 30.0 Å². The van der Waals surface area contributed by atoms with Crippen LogP contribution in [0.3, 0.4) is 0 Å². The lowest BCUT2D eigenvalue weighted by Crippen LogP contribution is -2.40. The average molecular weight is 374 g/mol. The highest BCUT2D eigenvalue weighted by molar-refractivity contribution is 8.00. The van der Waals surface area contributed by atoms with Crippen molar-refractivity contribution in [3.05, 3.63) is 40.3 Å². The number of carbonyl (C=O) groups is 2. The molecule has 0 aliphatic carbocycles. The van der Waals surface area contributed by atoms with Gasteiger partial charge in [-0.25, -0.2) is 4.68 Å². The van der Waals surface area contributed by atoms with E-state index in [-0.39, 0.29) is 23.9 Å². The molecule has 1 aliphatic rings. The third kappa shape index (κ3) is 3.43. The fourth-order valence-corrected chi connectivity index (χ4v) is 3.55. The van der Waals surface area contributed by atoms with Crippen molar-refractivity contribution < 1.29 is 14.3 Å². The maximum absolute atomic E-state index is 12.6. The predicted molar refractivity (Wildman–Crippen MR) is 99.0 cm³/mol. The molecule has 0 fully saturated rings. The lowest BCUT2D eigenvalue weighted by atomic mass is 10.2. The largest absolute Gasteiger partial charge is 0.495 e. The summed E-state index contributed by atoms with van der Waals surface area (Å²) in [6.07, 6.45) is 1.50. The van der Waals surface area contributed by atoms with Gasteiger partial charge in [0.15, 0.2) is 0 Å². The van der Waals surface area contributed by atoms with Crippen molar-refractivity contribution in [2.24, 2.45) is 0 Å². The Labute approximate surface area is 154 Å². The Morgan fingerprint density at radius 1 is 1.38 bits per heavy atom. The van der Waals surface area contributed by atoms with Crippen LogP contribution in [0.2, 0.25) is 0 Å². The van der Waals surface area contributed by atoms with Gasteiger partial charge in [0.1, 0.15) is 18.0 Å². The van der Waals surface area contributed by atoms with Gasteiger partial charge < -0.3 is 15.0 Å². The molecule has 1 aromatic heterocycles. The lowest BCUT2D eigenvalue weighted by Gasteiger charge is -2.24. The normalized spacial score (nSPS) is 13.3. The lowest BCUT2D eigenvalue weighted by molar-refractivity contribution is -0.117. The number of fused-ring (bicyclic) bond motifs is 1. The number of thioether (sulfide) groups is 1. The van der Waals surface area contributed by atoms with Crippen LogP contribution in [0, 0.1) is 6.92 Å². The average Bonchev–Trinajstić information content (AvgIpc) is 2.60.